The Balaban J connectivity index is 4.12. The highest BCUT2D eigenvalue weighted by Crippen LogP contribution is 2.03. The van der Waals surface area contributed by atoms with Crippen LogP contribution in [0.1, 0.15) is 39.5 Å². The lowest BCUT2D eigenvalue weighted by molar-refractivity contribution is -0.138. The van der Waals surface area contributed by atoms with Gasteiger partial charge in [-0.2, -0.15) is 0 Å². The van der Waals surface area contributed by atoms with E-state index in [0.29, 0.717) is 13.0 Å². The van der Waals surface area contributed by atoms with Gasteiger partial charge in [0.1, 0.15) is 0 Å². The number of amides is 1. The van der Waals surface area contributed by atoms with Crippen LogP contribution in [0.25, 0.3) is 0 Å². The average molecular weight is 230 g/mol. The third kappa shape index (κ3) is 5.70. The third-order valence-corrected chi connectivity index (χ3v) is 2.47. The molecule has 0 fully saturated rings. The van der Waals surface area contributed by atoms with Crippen molar-refractivity contribution in [3.8, 4) is 0 Å². The number of carbonyl (C=O) groups excluding carboxylic acids is 1. The van der Waals surface area contributed by atoms with Gasteiger partial charge in [-0.1, -0.05) is 19.8 Å². The maximum absolute atomic E-state index is 11.8. The molecule has 5 heteroatoms. The number of hydrogen-bond donors (Lipinski definition) is 2. The maximum atomic E-state index is 11.8. The number of likely N-dealkylation sites (N-methyl/N-ethyl adjacent to an activating group) is 1. The van der Waals surface area contributed by atoms with Crippen LogP contribution in [0, 0.1) is 0 Å². The summed E-state index contributed by atoms with van der Waals surface area (Å²) in [5.41, 5.74) is 5.75. The van der Waals surface area contributed by atoms with E-state index in [-0.39, 0.29) is 18.9 Å². The first kappa shape index (κ1) is 14.9. The zero-order chi connectivity index (χ0) is 12.6. The van der Waals surface area contributed by atoms with Gasteiger partial charge in [-0.25, -0.2) is 0 Å². The standard InChI is InChI=1S/C11H22N2O3/c1-3-5-6-9(12)11(16)13(4-2)8-7-10(14)15/h9H,3-8,12H2,1-2H3,(H,14,15). The van der Waals surface area contributed by atoms with E-state index in [2.05, 4.69) is 0 Å². The number of carboxylic acid groups (broad SMARTS) is 1. The first-order valence-electron chi connectivity index (χ1n) is 5.79. The van der Waals surface area contributed by atoms with Gasteiger partial charge >= 0.3 is 5.97 Å². The van der Waals surface area contributed by atoms with Crippen molar-refractivity contribution in [2.45, 2.75) is 45.6 Å². The number of rotatable bonds is 8. The zero-order valence-corrected chi connectivity index (χ0v) is 10.1. The molecular weight excluding hydrogens is 208 g/mol. The van der Waals surface area contributed by atoms with Gasteiger partial charge in [0.15, 0.2) is 0 Å². The lowest BCUT2D eigenvalue weighted by Gasteiger charge is -2.23. The smallest absolute Gasteiger partial charge is 0.305 e. The first-order valence-corrected chi connectivity index (χ1v) is 5.79. The molecule has 0 aromatic carbocycles. The molecule has 16 heavy (non-hydrogen) atoms. The highest BCUT2D eigenvalue weighted by atomic mass is 16.4. The third-order valence-electron chi connectivity index (χ3n) is 2.47. The number of carbonyl (C=O) groups is 2. The molecule has 0 spiro atoms. The molecule has 0 bridgehead atoms. The molecule has 0 aliphatic heterocycles. The second-order valence-corrected chi connectivity index (χ2v) is 3.81. The van der Waals surface area contributed by atoms with E-state index in [1.54, 1.807) is 0 Å². The normalized spacial score (nSPS) is 12.2. The topological polar surface area (TPSA) is 83.6 Å². The number of carboxylic acids is 1. The van der Waals surface area contributed by atoms with E-state index in [1.165, 1.54) is 4.90 Å². The number of hydrogen-bond acceptors (Lipinski definition) is 3. The van der Waals surface area contributed by atoms with E-state index in [1.807, 2.05) is 13.8 Å². The summed E-state index contributed by atoms with van der Waals surface area (Å²) in [4.78, 5) is 23.7. The van der Waals surface area contributed by atoms with Crippen molar-refractivity contribution in [1.29, 1.82) is 0 Å². The molecule has 3 N–H and O–H groups in total. The summed E-state index contributed by atoms with van der Waals surface area (Å²) in [6.45, 7) is 4.61. The predicted molar refractivity (Wildman–Crippen MR) is 62.0 cm³/mol. The average Bonchev–Trinajstić information content (AvgIpc) is 2.25. The van der Waals surface area contributed by atoms with Crippen LogP contribution in [-0.4, -0.2) is 41.0 Å². The number of aliphatic carboxylic acids is 1. The van der Waals surface area contributed by atoms with Gasteiger partial charge in [0.25, 0.3) is 0 Å². The molecule has 0 saturated carbocycles. The summed E-state index contributed by atoms with van der Waals surface area (Å²) in [6, 6.07) is -0.492. The molecule has 0 aliphatic rings. The van der Waals surface area contributed by atoms with Gasteiger partial charge in [0, 0.05) is 13.1 Å². The number of unbranched alkanes of at least 4 members (excludes halogenated alkanes) is 1. The van der Waals surface area contributed by atoms with Crippen molar-refractivity contribution >= 4 is 11.9 Å². The molecule has 5 nitrogen and oxygen atoms in total. The van der Waals surface area contributed by atoms with E-state index in [4.69, 9.17) is 10.8 Å². The SMILES string of the molecule is CCCCC(N)C(=O)N(CC)CCC(=O)O. The Morgan fingerprint density at radius 3 is 2.44 bits per heavy atom. The molecule has 1 atom stereocenters. The summed E-state index contributed by atoms with van der Waals surface area (Å²) < 4.78 is 0. The summed E-state index contributed by atoms with van der Waals surface area (Å²) in [5.74, 6) is -1.04. The highest BCUT2D eigenvalue weighted by Gasteiger charge is 2.19. The van der Waals surface area contributed by atoms with E-state index in [0.717, 1.165) is 12.8 Å². The van der Waals surface area contributed by atoms with Crippen LogP contribution >= 0.6 is 0 Å². The minimum Gasteiger partial charge on any atom is -0.481 e. The molecular formula is C11H22N2O3. The molecule has 0 rings (SSSR count). The predicted octanol–water partition coefficient (Wildman–Crippen LogP) is 0.827. The Morgan fingerprint density at radius 1 is 1.38 bits per heavy atom. The fraction of sp³-hybridized carbons (Fsp3) is 0.818. The van der Waals surface area contributed by atoms with Crippen molar-refractivity contribution in [3.05, 3.63) is 0 Å². The largest absolute Gasteiger partial charge is 0.481 e. The van der Waals surface area contributed by atoms with Gasteiger partial charge in [0.05, 0.1) is 12.5 Å². The van der Waals surface area contributed by atoms with Crippen molar-refractivity contribution in [1.82, 2.24) is 4.90 Å². The minimum atomic E-state index is -0.895. The van der Waals surface area contributed by atoms with E-state index in [9.17, 15) is 9.59 Å². The van der Waals surface area contributed by atoms with Crippen LogP contribution in [0.4, 0.5) is 0 Å². The van der Waals surface area contributed by atoms with Gasteiger partial charge in [-0.3, -0.25) is 9.59 Å². The van der Waals surface area contributed by atoms with Crippen molar-refractivity contribution in [3.63, 3.8) is 0 Å². The lowest BCUT2D eigenvalue weighted by Crippen LogP contribution is -2.44. The van der Waals surface area contributed by atoms with Crippen LogP contribution < -0.4 is 5.73 Å². The van der Waals surface area contributed by atoms with Crippen LogP contribution in [0.15, 0.2) is 0 Å². The molecule has 0 radical (unpaired) electrons. The van der Waals surface area contributed by atoms with Crippen LogP contribution in [0.5, 0.6) is 0 Å². The van der Waals surface area contributed by atoms with Crippen molar-refractivity contribution < 1.29 is 14.7 Å². The molecule has 0 aliphatic carbocycles. The number of nitrogens with two attached hydrogens (primary N) is 1. The summed E-state index contributed by atoms with van der Waals surface area (Å²) in [6.07, 6.45) is 2.56. The molecule has 1 unspecified atom stereocenters. The summed E-state index contributed by atoms with van der Waals surface area (Å²) in [7, 11) is 0. The quantitative estimate of drug-likeness (QED) is 0.647. The van der Waals surface area contributed by atoms with Gasteiger partial charge < -0.3 is 15.7 Å². The van der Waals surface area contributed by atoms with Gasteiger partial charge in [-0.15, -0.1) is 0 Å². The Labute approximate surface area is 96.6 Å². The molecule has 0 aromatic rings. The fourth-order valence-electron chi connectivity index (χ4n) is 1.44. The Hall–Kier alpha value is -1.10. The van der Waals surface area contributed by atoms with E-state index < -0.39 is 12.0 Å². The maximum Gasteiger partial charge on any atom is 0.305 e. The van der Waals surface area contributed by atoms with Crippen LogP contribution in [-0.2, 0) is 9.59 Å². The van der Waals surface area contributed by atoms with Crippen LogP contribution in [0.2, 0.25) is 0 Å². The second kappa shape index (κ2) is 8.10. The molecule has 0 heterocycles. The monoisotopic (exact) mass is 230 g/mol. The Bertz CT molecular complexity index is 231. The highest BCUT2D eigenvalue weighted by molar-refractivity contribution is 5.82. The van der Waals surface area contributed by atoms with Gasteiger partial charge in [0.2, 0.25) is 5.91 Å². The van der Waals surface area contributed by atoms with Crippen molar-refractivity contribution in [2.24, 2.45) is 5.73 Å². The second-order valence-electron chi connectivity index (χ2n) is 3.81. The molecule has 94 valence electrons. The lowest BCUT2D eigenvalue weighted by atomic mass is 10.1. The van der Waals surface area contributed by atoms with Crippen LogP contribution in [0.3, 0.4) is 0 Å². The molecule has 0 aromatic heterocycles. The van der Waals surface area contributed by atoms with Crippen molar-refractivity contribution in [2.75, 3.05) is 13.1 Å². The van der Waals surface area contributed by atoms with Gasteiger partial charge in [-0.05, 0) is 13.3 Å². The first-order chi connectivity index (χ1) is 7.52. The summed E-state index contributed by atoms with van der Waals surface area (Å²) >= 11 is 0. The molecule has 1 amide bonds. The fourth-order valence-corrected chi connectivity index (χ4v) is 1.44. The zero-order valence-electron chi connectivity index (χ0n) is 10.1. The minimum absolute atomic E-state index is 0.0277. The summed E-state index contributed by atoms with van der Waals surface area (Å²) in [5, 5.41) is 8.55. The Kier molecular flexibility index (Phi) is 7.54. The molecule has 0 saturated heterocycles. The van der Waals surface area contributed by atoms with E-state index >= 15 is 0 Å². The number of nitrogens with zero attached hydrogens (tertiary/aromatic N) is 1. The Morgan fingerprint density at radius 2 is 2.00 bits per heavy atom.